The number of fused-ring (bicyclic) bond motifs is 2. The van der Waals surface area contributed by atoms with E-state index >= 15 is 0 Å². The van der Waals surface area contributed by atoms with Crippen LogP contribution < -0.4 is 5.32 Å². The summed E-state index contributed by atoms with van der Waals surface area (Å²) in [6.07, 6.45) is 1.87. The average molecular weight is 310 g/mol. The minimum Gasteiger partial charge on any atom is -0.361 e. The topological polar surface area (TPSA) is 62.7 Å². The standard InChI is InChI=1S/C16H14N4OS/c1-9-11-8-14(22-16(11)20(2)19-9)15(21)18-13-5-3-4-12-10(13)6-7-17-12/h3-8,17H,1-2H3,(H,18,21). The molecule has 1 amide bonds. The van der Waals surface area contributed by atoms with Crippen LogP contribution >= 0.6 is 11.3 Å². The number of aromatic nitrogens is 3. The van der Waals surface area contributed by atoms with Crippen molar-refractivity contribution in [3.05, 3.63) is 47.1 Å². The lowest BCUT2D eigenvalue weighted by Gasteiger charge is -2.05. The number of carbonyl (C=O) groups excluding carboxylic acids is 1. The maximum atomic E-state index is 12.5. The van der Waals surface area contributed by atoms with Crippen molar-refractivity contribution < 1.29 is 4.79 Å². The lowest BCUT2D eigenvalue weighted by atomic mass is 10.2. The van der Waals surface area contributed by atoms with Gasteiger partial charge in [0.25, 0.3) is 5.91 Å². The normalized spacial score (nSPS) is 11.4. The molecule has 1 aromatic carbocycles. The van der Waals surface area contributed by atoms with Crippen molar-refractivity contribution in [3.63, 3.8) is 0 Å². The van der Waals surface area contributed by atoms with Gasteiger partial charge in [0, 0.05) is 29.5 Å². The Morgan fingerprint density at radius 1 is 1.32 bits per heavy atom. The van der Waals surface area contributed by atoms with Crippen LogP contribution in [0.25, 0.3) is 21.1 Å². The second kappa shape index (κ2) is 4.71. The van der Waals surface area contributed by atoms with Gasteiger partial charge in [-0.2, -0.15) is 5.10 Å². The first-order chi connectivity index (χ1) is 10.6. The number of hydrogen-bond donors (Lipinski definition) is 2. The first-order valence-electron chi connectivity index (χ1n) is 6.94. The van der Waals surface area contributed by atoms with Crippen LogP contribution in [0.3, 0.4) is 0 Å². The molecule has 4 aromatic rings. The van der Waals surface area contributed by atoms with Gasteiger partial charge in [-0.05, 0) is 31.2 Å². The monoisotopic (exact) mass is 310 g/mol. The van der Waals surface area contributed by atoms with Crippen molar-refractivity contribution in [2.24, 2.45) is 7.05 Å². The summed E-state index contributed by atoms with van der Waals surface area (Å²) in [5, 5.41) is 9.41. The van der Waals surface area contributed by atoms with E-state index < -0.39 is 0 Å². The lowest BCUT2D eigenvalue weighted by Crippen LogP contribution is -2.10. The molecule has 4 rings (SSSR count). The third-order valence-corrected chi connectivity index (χ3v) is 4.96. The van der Waals surface area contributed by atoms with Gasteiger partial charge >= 0.3 is 0 Å². The third-order valence-electron chi connectivity index (χ3n) is 3.76. The predicted octanol–water partition coefficient (Wildman–Crippen LogP) is 3.68. The van der Waals surface area contributed by atoms with E-state index in [1.807, 2.05) is 55.2 Å². The van der Waals surface area contributed by atoms with Gasteiger partial charge in [-0.1, -0.05) is 6.07 Å². The number of rotatable bonds is 2. The Balaban J connectivity index is 1.71. The molecule has 6 heteroatoms. The number of amides is 1. The number of H-pyrrole nitrogens is 1. The summed E-state index contributed by atoms with van der Waals surface area (Å²) >= 11 is 1.46. The number of nitrogens with one attached hydrogen (secondary N) is 2. The first-order valence-corrected chi connectivity index (χ1v) is 7.76. The summed E-state index contributed by atoms with van der Waals surface area (Å²) in [6, 6.07) is 9.69. The van der Waals surface area contributed by atoms with Crippen molar-refractivity contribution in [1.82, 2.24) is 14.8 Å². The summed E-state index contributed by atoms with van der Waals surface area (Å²) < 4.78 is 1.82. The molecule has 0 aliphatic heterocycles. The molecule has 3 heterocycles. The Morgan fingerprint density at radius 2 is 2.18 bits per heavy atom. The Kier molecular flexibility index (Phi) is 2.80. The molecule has 0 bridgehead atoms. The molecule has 3 aromatic heterocycles. The maximum Gasteiger partial charge on any atom is 0.265 e. The van der Waals surface area contributed by atoms with E-state index in [-0.39, 0.29) is 5.91 Å². The van der Waals surface area contributed by atoms with Crippen LogP contribution in [0.15, 0.2) is 36.5 Å². The van der Waals surface area contributed by atoms with Crippen molar-refractivity contribution in [1.29, 1.82) is 0 Å². The Bertz CT molecular complexity index is 973. The third kappa shape index (κ3) is 1.92. The molecule has 0 aliphatic rings. The summed E-state index contributed by atoms with van der Waals surface area (Å²) in [6.45, 7) is 1.96. The van der Waals surface area contributed by atoms with Gasteiger partial charge in [-0.15, -0.1) is 11.3 Å². The van der Waals surface area contributed by atoms with Crippen LogP contribution in [-0.2, 0) is 7.05 Å². The smallest absolute Gasteiger partial charge is 0.265 e. The number of anilines is 1. The summed E-state index contributed by atoms with van der Waals surface area (Å²) in [7, 11) is 1.90. The fraction of sp³-hybridized carbons (Fsp3) is 0.125. The maximum absolute atomic E-state index is 12.5. The van der Waals surface area contributed by atoms with E-state index in [9.17, 15) is 4.79 Å². The molecule has 22 heavy (non-hydrogen) atoms. The van der Waals surface area contributed by atoms with Crippen LogP contribution in [0.5, 0.6) is 0 Å². The number of benzene rings is 1. The Hall–Kier alpha value is -2.60. The van der Waals surface area contributed by atoms with Crippen LogP contribution in [-0.4, -0.2) is 20.7 Å². The summed E-state index contributed by atoms with van der Waals surface area (Å²) in [4.78, 5) is 17.4. The number of aromatic amines is 1. The van der Waals surface area contributed by atoms with Gasteiger partial charge in [0.1, 0.15) is 4.83 Å². The zero-order valence-corrected chi connectivity index (χ0v) is 13.0. The fourth-order valence-corrected chi connectivity index (χ4v) is 3.71. The lowest BCUT2D eigenvalue weighted by molar-refractivity contribution is 0.103. The number of nitrogens with zero attached hydrogens (tertiary/aromatic N) is 2. The van der Waals surface area contributed by atoms with Crippen LogP contribution in [0.1, 0.15) is 15.4 Å². The quantitative estimate of drug-likeness (QED) is 0.593. The van der Waals surface area contributed by atoms with Gasteiger partial charge in [-0.25, -0.2) is 0 Å². The zero-order valence-electron chi connectivity index (χ0n) is 12.2. The van der Waals surface area contributed by atoms with Gasteiger partial charge in [0.05, 0.1) is 16.3 Å². The van der Waals surface area contributed by atoms with E-state index in [0.29, 0.717) is 4.88 Å². The van der Waals surface area contributed by atoms with Gasteiger partial charge < -0.3 is 10.3 Å². The van der Waals surface area contributed by atoms with Crippen molar-refractivity contribution in [3.8, 4) is 0 Å². The van der Waals surface area contributed by atoms with Gasteiger partial charge in [-0.3, -0.25) is 9.48 Å². The highest BCUT2D eigenvalue weighted by Gasteiger charge is 2.16. The van der Waals surface area contributed by atoms with Crippen LogP contribution in [0, 0.1) is 6.92 Å². The molecular formula is C16H14N4OS. The first kappa shape index (κ1) is 13.1. The van der Waals surface area contributed by atoms with Crippen LogP contribution in [0.4, 0.5) is 5.69 Å². The van der Waals surface area contributed by atoms with Crippen molar-refractivity contribution >= 4 is 44.1 Å². The van der Waals surface area contributed by atoms with E-state index in [1.54, 1.807) is 0 Å². The largest absolute Gasteiger partial charge is 0.361 e. The molecule has 0 saturated carbocycles. The Labute approximate surface area is 130 Å². The highest BCUT2D eigenvalue weighted by atomic mass is 32.1. The molecule has 0 radical (unpaired) electrons. The van der Waals surface area contributed by atoms with Crippen LogP contribution in [0.2, 0.25) is 0 Å². The molecule has 0 atom stereocenters. The minimum absolute atomic E-state index is 0.0886. The highest BCUT2D eigenvalue weighted by molar-refractivity contribution is 7.20. The molecule has 0 aliphatic carbocycles. The molecule has 2 N–H and O–H groups in total. The molecule has 110 valence electrons. The summed E-state index contributed by atoms with van der Waals surface area (Å²) in [5.74, 6) is -0.0886. The van der Waals surface area contributed by atoms with E-state index in [4.69, 9.17) is 0 Å². The van der Waals surface area contributed by atoms with Crippen molar-refractivity contribution in [2.75, 3.05) is 5.32 Å². The Morgan fingerprint density at radius 3 is 3.00 bits per heavy atom. The number of hydrogen-bond acceptors (Lipinski definition) is 3. The van der Waals surface area contributed by atoms with Gasteiger partial charge in [0.15, 0.2) is 0 Å². The van der Waals surface area contributed by atoms with Gasteiger partial charge in [0.2, 0.25) is 0 Å². The predicted molar refractivity (Wildman–Crippen MR) is 89.6 cm³/mol. The SMILES string of the molecule is Cc1nn(C)c2sc(C(=O)Nc3cccc4[nH]ccc34)cc12. The molecular weight excluding hydrogens is 296 g/mol. The summed E-state index contributed by atoms with van der Waals surface area (Å²) in [5.41, 5.74) is 2.77. The molecule has 0 fully saturated rings. The van der Waals surface area contributed by atoms with E-state index in [2.05, 4.69) is 15.4 Å². The average Bonchev–Trinajstić information content (AvgIpc) is 3.18. The van der Waals surface area contributed by atoms with Crippen molar-refractivity contribution in [2.45, 2.75) is 6.92 Å². The molecule has 0 spiro atoms. The minimum atomic E-state index is -0.0886. The highest BCUT2D eigenvalue weighted by Crippen LogP contribution is 2.29. The molecule has 5 nitrogen and oxygen atoms in total. The van der Waals surface area contributed by atoms with E-state index in [1.165, 1.54) is 11.3 Å². The molecule has 0 unspecified atom stereocenters. The fourth-order valence-electron chi connectivity index (χ4n) is 2.70. The number of aryl methyl sites for hydroxylation is 2. The zero-order chi connectivity index (χ0) is 15.3. The second-order valence-electron chi connectivity index (χ2n) is 5.24. The number of thiophene rings is 1. The number of carbonyl (C=O) groups is 1. The second-order valence-corrected chi connectivity index (χ2v) is 6.27. The van der Waals surface area contributed by atoms with E-state index in [0.717, 1.165) is 32.5 Å². The molecule has 0 saturated heterocycles.